The SMILES string of the molecule is O=S(=O)(CC1CCCCC1)N[C@H]1CCc2ccccc21. The zero-order valence-corrected chi connectivity index (χ0v) is 12.7. The predicted octanol–water partition coefficient (Wildman–Crippen LogP) is 3.17. The molecular weight excluding hydrogens is 270 g/mol. The minimum atomic E-state index is -3.16. The maximum absolute atomic E-state index is 12.4. The average molecular weight is 293 g/mol. The second-order valence-electron chi connectivity index (χ2n) is 6.19. The molecule has 1 aromatic rings. The van der Waals surface area contributed by atoms with E-state index in [1.165, 1.54) is 30.4 Å². The number of fused-ring (bicyclic) bond motifs is 1. The number of rotatable bonds is 4. The van der Waals surface area contributed by atoms with Gasteiger partial charge in [0, 0.05) is 6.04 Å². The van der Waals surface area contributed by atoms with Crippen molar-refractivity contribution in [2.24, 2.45) is 5.92 Å². The molecule has 0 radical (unpaired) electrons. The molecule has 1 saturated carbocycles. The van der Waals surface area contributed by atoms with Gasteiger partial charge in [-0.2, -0.15) is 0 Å². The van der Waals surface area contributed by atoms with Crippen LogP contribution >= 0.6 is 0 Å². The van der Waals surface area contributed by atoms with Gasteiger partial charge in [0.15, 0.2) is 0 Å². The first-order chi connectivity index (χ1) is 9.64. The molecule has 0 saturated heterocycles. The average Bonchev–Trinajstić information content (AvgIpc) is 2.82. The van der Waals surface area contributed by atoms with Crippen molar-refractivity contribution in [3.63, 3.8) is 0 Å². The Hall–Kier alpha value is -0.870. The standard InChI is InChI=1S/C16H23NO2S/c18-20(19,12-13-6-2-1-3-7-13)17-16-11-10-14-8-4-5-9-15(14)16/h4-5,8-9,13,16-17H,1-3,6-7,10-12H2/t16-/m0/s1. The Kier molecular flexibility index (Phi) is 4.13. The third-order valence-corrected chi connectivity index (χ3v) is 6.19. The second kappa shape index (κ2) is 5.86. The maximum Gasteiger partial charge on any atom is 0.212 e. The van der Waals surface area contributed by atoms with E-state index >= 15 is 0 Å². The van der Waals surface area contributed by atoms with Crippen molar-refractivity contribution in [1.29, 1.82) is 0 Å². The van der Waals surface area contributed by atoms with Gasteiger partial charge in [-0.25, -0.2) is 13.1 Å². The van der Waals surface area contributed by atoms with Gasteiger partial charge in [0.25, 0.3) is 0 Å². The summed E-state index contributed by atoms with van der Waals surface area (Å²) < 4.78 is 27.6. The van der Waals surface area contributed by atoms with Crippen LogP contribution in [0.15, 0.2) is 24.3 Å². The van der Waals surface area contributed by atoms with Gasteiger partial charge in [0.05, 0.1) is 5.75 Å². The van der Waals surface area contributed by atoms with Crippen LogP contribution in [-0.2, 0) is 16.4 Å². The first kappa shape index (κ1) is 14.1. The Morgan fingerprint density at radius 1 is 1.05 bits per heavy atom. The van der Waals surface area contributed by atoms with E-state index in [0.29, 0.717) is 11.7 Å². The lowest BCUT2D eigenvalue weighted by Crippen LogP contribution is -2.33. The highest BCUT2D eigenvalue weighted by Crippen LogP contribution is 2.32. The number of aryl methyl sites for hydroxylation is 1. The molecule has 1 atom stereocenters. The van der Waals surface area contributed by atoms with Gasteiger partial charge in [0.1, 0.15) is 0 Å². The van der Waals surface area contributed by atoms with Crippen LogP contribution in [0.5, 0.6) is 0 Å². The predicted molar refractivity (Wildman–Crippen MR) is 81.0 cm³/mol. The molecule has 1 N–H and O–H groups in total. The van der Waals surface area contributed by atoms with Crippen molar-refractivity contribution in [3.05, 3.63) is 35.4 Å². The minimum absolute atomic E-state index is 0.0141. The molecule has 3 nitrogen and oxygen atoms in total. The molecule has 0 aromatic heterocycles. The number of nitrogens with one attached hydrogen (secondary N) is 1. The summed E-state index contributed by atoms with van der Waals surface area (Å²) in [6.07, 6.45) is 7.65. The zero-order valence-electron chi connectivity index (χ0n) is 11.8. The van der Waals surface area contributed by atoms with E-state index < -0.39 is 10.0 Å². The Morgan fingerprint density at radius 3 is 2.60 bits per heavy atom. The summed E-state index contributed by atoms with van der Waals surface area (Å²) in [7, 11) is -3.16. The highest BCUT2D eigenvalue weighted by molar-refractivity contribution is 7.89. The van der Waals surface area contributed by atoms with Crippen LogP contribution in [-0.4, -0.2) is 14.2 Å². The zero-order chi connectivity index (χ0) is 14.0. The smallest absolute Gasteiger partial charge is 0.212 e. The van der Waals surface area contributed by atoms with Gasteiger partial charge in [-0.3, -0.25) is 0 Å². The van der Waals surface area contributed by atoms with Crippen LogP contribution in [0.25, 0.3) is 0 Å². The van der Waals surface area contributed by atoms with Crippen LogP contribution in [0, 0.1) is 5.92 Å². The monoisotopic (exact) mass is 293 g/mol. The van der Waals surface area contributed by atoms with Crippen LogP contribution in [0.1, 0.15) is 55.7 Å². The molecule has 2 aliphatic rings. The molecule has 0 unspecified atom stereocenters. The minimum Gasteiger partial charge on any atom is -0.212 e. The van der Waals surface area contributed by atoms with Crippen molar-refractivity contribution < 1.29 is 8.42 Å². The molecule has 1 aromatic carbocycles. The van der Waals surface area contributed by atoms with Crippen LogP contribution in [0.3, 0.4) is 0 Å². The van der Waals surface area contributed by atoms with Gasteiger partial charge in [-0.05, 0) is 42.7 Å². The van der Waals surface area contributed by atoms with E-state index in [2.05, 4.69) is 16.9 Å². The molecular formula is C16H23NO2S. The third kappa shape index (κ3) is 3.23. The number of hydrogen-bond donors (Lipinski definition) is 1. The number of sulfonamides is 1. The molecule has 0 aliphatic heterocycles. The Bertz CT molecular complexity index is 562. The van der Waals surface area contributed by atoms with Gasteiger partial charge in [-0.1, -0.05) is 43.5 Å². The van der Waals surface area contributed by atoms with Gasteiger partial charge < -0.3 is 0 Å². The summed E-state index contributed by atoms with van der Waals surface area (Å²) in [6.45, 7) is 0. The van der Waals surface area contributed by atoms with Crippen molar-refractivity contribution in [1.82, 2.24) is 4.72 Å². The molecule has 2 aliphatic carbocycles. The summed E-state index contributed by atoms with van der Waals surface area (Å²) >= 11 is 0. The number of hydrogen-bond acceptors (Lipinski definition) is 2. The van der Waals surface area contributed by atoms with Crippen LogP contribution in [0.4, 0.5) is 0 Å². The molecule has 110 valence electrons. The van der Waals surface area contributed by atoms with Crippen molar-refractivity contribution in [2.45, 2.75) is 51.0 Å². The fraction of sp³-hybridized carbons (Fsp3) is 0.625. The second-order valence-corrected chi connectivity index (χ2v) is 7.99. The summed E-state index contributed by atoms with van der Waals surface area (Å²) in [5.41, 5.74) is 2.46. The van der Waals surface area contributed by atoms with Crippen LogP contribution in [0.2, 0.25) is 0 Å². The molecule has 1 fully saturated rings. The molecule has 0 amide bonds. The Morgan fingerprint density at radius 2 is 1.80 bits per heavy atom. The fourth-order valence-electron chi connectivity index (χ4n) is 3.61. The third-order valence-electron chi connectivity index (χ3n) is 4.63. The lowest BCUT2D eigenvalue weighted by molar-refractivity contribution is 0.383. The summed E-state index contributed by atoms with van der Waals surface area (Å²) in [5, 5.41) is 0. The first-order valence-electron chi connectivity index (χ1n) is 7.72. The molecule has 0 bridgehead atoms. The van der Waals surface area contributed by atoms with Crippen molar-refractivity contribution >= 4 is 10.0 Å². The Labute approximate surface area is 121 Å². The van der Waals surface area contributed by atoms with Gasteiger partial charge in [-0.15, -0.1) is 0 Å². The summed E-state index contributed by atoms with van der Waals surface area (Å²) in [6, 6.07) is 8.16. The topological polar surface area (TPSA) is 46.2 Å². The summed E-state index contributed by atoms with van der Waals surface area (Å²) in [5.74, 6) is 0.670. The highest BCUT2D eigenvalue weighted by Gasteiger charge is 2.28. The molecule has 4 heteroatoms. The lowest BCUT2D eigenvalue weighted by atomic mass is 9.91. The van der Waals surface area contributed by atoms with E-state index in [1.54, 1.807) is 0 Å². The molecule has 0 heterocycles. The van der Waals surface area contributed by atoms with Gasteiger partial charge >= 0.3 is 0 Å². The molecule has 20 heavy (non-hydrogen) atoms. The first-order valence-corrected chi connectivity index (χ1v) is 9.37. The van der Waals surface area contributed by atoms with E-state index in [0.717, 1.165) is 25.7 Å². The highest BCUT2D eigenvalue weighted by atomic mass is 32.2. The maximum atomic E-state index is 12.4. The van der Waals surface area contributed by atoms with E-state index in [9.17, 15) is 8.42 Å². The molecule has 0 spiro atoms. The van der Waals surface area contributed by atoms with E-state index in [1.807, 2.05) is 12.1 Å². The van der Waals surface area contributed by atoms with E-state index in [-0.39, 0.29) is 6.04 Å². The van der Waals surface area contributed by atoms with Crippen molar-refractivity contribution in [2.75, 3.05) is 5.75 Å². The fourth-order valence-corrected chi connectivity index (χ4v) is 5.34. The van der Waals surface area contributed by atoms with Gasteiger partial charge in [0.2, 0.25) is 10.0 Å². The Balaban J connectivity index is 1.65. The van der Waals surface area contributed by atoms with Crippen molar-refractivity contribution in [3.8, 4) is 0 Å². The van der Waals surface area contributed by atoms with E-state index in [4.69, 9.17) is 0 Å². The largest absolute Gasteiger partial charge is 0.212 e. The normalized spacial score (nSPS) is 23.7. The van der Waals surface area contributed by atoms with Crippen LogP contribution < -0.4 is 4.72 Å². The number of benzene rings is 1. The lowest BCUT2D eigenvalue weighted by Gasteiger charge is -2.22. The quantitative estimate of drug-likeness (QED) is 0.927. The summed E-state index contributed by atoms with van der Waals surface area (Å²) in [4.78, 5) is 0. The molecule has 3 rings (SSSR count).